The van der Waals surface area contributed by atoms with E-state index in [-0.39, 0.29) is 12.1 Å². The van der Waals surface area contributed by atoms with E-state index in [4.69, 9.17) is 28.2 Å². The molecule has 3 atom stereocenters. The Kier molecular flexibility index (Phi) is 4.62. The highest BCUT2D eigenvalue weighted by molar-refractivity contribution is 8.14. The van der Waals surface area contributed by atoms with Crippen LogP contribution in [0.3, 0.4) is 0 Å². The highest BCUT2D eigenvalue weighted by Gasteiger charge is 2.44. The van der Waals surface area contributed by atoms with E-state index in [1.165, 1.54) is 0 Å². The van der Waals surface area contributed by atoms with Crippen LogP contribution >= 0.6 is 35.0 Å². The molecule has 0 radical (unpaired) electrons. The molecule has 2 aliphatic rings. The first-order valence-electron chi connectivity index (χ1n) is 9.16. The molecule has 4 nitrogen and oxygen atoms in total. The molecule has 0 spiro atoms. The van der Waals surface area contributed by atoms with Crippen molar-refractivity contribution in [2.45, 2.75) is 24.3 Å². The standard InChI is InChI=1S/C21H18Cl2N4S/c1-13-12-27-20(19(25-21(27)28-13)16-5-2-3-9-24-16)18-6-4-10-26(18)17-8-7-14(22)11-15(17)23/h2-11,13,19-20H,12H2,1H3/t13-,19-,20+/m1/s1. The van der Waals surface area contributed by atoms with Crippen molar-refractivity contribution in [3.8, 4) is 5.69 Å². The SMILES string of the molecule is C[C@@H]1CN2C(=N[C@H](c3ccccn3)[C@@H]2c2cccn2-c2ccc(Cl)cc2Cl)S1. The number of amidine groups is 1. The fraction of sp³-hybridized carbons (Fsp3) is 0.238. The van der Waals surface area contributed by atoms with Gasteiger partial charge in [0, 0.05) is 34.9 Å². The van der Waals surface area contributed by atoms with Gasteiger partial charge < -0.3 is 9.47 Å². The molecular weight excluding hydrogens is 411 g/mol. The summed E-state index contributed by atoms with van der Waals surface area (Å²) in [5.74, 6) is 0. The molecular formula is C21H18Cl2N4S. The minimum Gasteiger partial charge on any atom is -0.339 e. The van der Waals surface area contributed by atoms with E-state index >= 15 is 0 Å². The predicted molar refractivity (Wildman–Crippen MR) is 117 cm³/mol. The minimum absolute atomic E-state index is 0.0454. The van der Waals surface area contributed by atoms with E-state index in [0.29, 0.717) is 15.3 Å². The normalized spacial score (nSPS) is 23.8. The number of rotatable bonds is 3. The summed E-state index contributed by atoms with van der Waals surface area (Å²) in [7, 11) is 0. The first-order valence-corrected chi connectivity index (χ1v) is 10.8. The first-order chi connectivity index (χ1) is 13.6. The lowest BCUT2D eigenvalue weighted by Crippen LogP contribution is -2.30. The van der Waals surface area contributed by atoms with Gasteiger partial charge in [-0.15, -0.1) is 0 Å². The molecule has 1 fully saturated rings. The molecule has 3 aromatic rings. The van der Waals surface area contributed by atoms with Gasteiger partial charge in [-0.05, 0) is 42.5 Å². The largest absolute Gasteiger partial charge is 0.339 e. The summed E-state index contributed by atoms with van der Waals surface area (Å²) in [4.78, 5) is 12.1. The van der Waals surface area contributed by atoms with E-state index < -0.39 is 0 Å². The number of halogens is 2. The van der Waals surface area contributed by atoms with Crippen molar-refractivity contribution in [1.29, 1.82) is 0 Å². The molecule has 0 N–H and O–H groups in total. The number of hydrogen-bond donors (Lipinski definition) is 0. The Hall–Kier alpha value is -1.95. The van der Waals surface area contributed by atoms with Crippen LogP contribution in [0.1, 0.15) is 30.4 Å². The Balaban J connectivity index is 1.62. The van der Waals surface area contributed by atoms with Gasteiger partial charge in [-0.1, -0.05) is 48.0 Å². The second-order valence-corrected chi connectivity index (χ2v) is 9.28. The van der Waals surface area contributed by atoms with Gasteiger partial charge in [0.15, 0.2) is 5.17 Å². The van der Waals surface area contributed by atoms with Crippen LogP contribution in [0, 0.1) is 0 Å². The topological polar surface area (TPSA) is 33.4 Å². The van der Waals surface area contributed by atoms with Crippen LogP contribution in [0.5, 0.6) is 0 Å². The molecule has 28 heavy (non-hydrogen) atoms. The molecule has 0 unspecified atom stereocenters. The average Bonchev–Trinajstić information content (AvgIpc) is 3.36. The van der Waals surface area contributed by atoms with Crippen LogP contribution in [-0.2, 0) is 0 Å². The van der Waals surface area contributed by atoms with Gasteiger partial charge in [-0.3, -0.25) is 9.98 Å². The van der Waals surface area contributed by atoms with Gasteiger partial charge in [0.05, 0.1) is 22.4 Å². The number of aromatic nitrogens is 2. The summed E-state index contributed by atoms with van der Waals surface area (Å²) in [6.45, 7) is 3.21. The second kappa shape index (κ2) is 7.14. The molecule has 142 valence electrons. The predicted octanol–water partition coefficient (Wildman–Crippen LogP) is 5.77. The maximum absolute atomic E-state index is 6.52. The van der Waals surface area contributed by atoms with Gasteiger partial charge in [-0.25, -0.2) is 0 Å². The van der Waals surface area contributed by atoms with E-state index in [0.717, 1.165) is 28.8 Å². The Labute approximate surface area is 178 Å². The van der Waals surface area contributed by atoms with Crippen molar-refractivity contribution in [3.63, 3.8) is 0 Å². The molecule has 0 amide bonds. The molecule has 7 heteroatoms. The van der Waals surface area contributed by atoms with Crippen molar-refractivity contribution < 1.29 is 0 Å². The number of thioether (sulfide) groups is 1. The number of pyridine rings is 1. The van der Waals surface area contributed by atoms with E-state index in [9.17, 15) is 0 Å². The lowest BCUT2D eigenvalue weighted by molar-refractivity contribution is 0.312. The molecule has 1 aromatic carbocycles. The van der Waals surface area contributed by atoms with E-state index in [1.54, 1.807) is 6.07 Å². The Morgan fingerprint density at radius 3 is 2.79 bits per heavy atom. The summed E-state index contributed by atoms with van der Waals surface area (Å²) >= 11 is 14.5. The molecule has 1 saturated heterocycles. The highest BCUT2D eigenvalue weighted by Crippen LogP contribution is 2.48. The van der Waals surface area contributed by atoms with Gasteiger partial charge in [0.2, 0.25) is 0 Å². The van der Waals surface area contributed by atoms with Gasteiger partial charge in [0.1, 0.15) is 6.04 Å². The van der Waals surface area contributed by atoms with Crippen LogP contribution in [0.25, 0.3) is 5.69 Å². The van der Waals surface area contributed by atoms with Crippen molar-refractivity contribution in [2.24, 2.45) is 4.99 Å². The van der Waals surface area contributed by atoms with Crippen LogP contribution in [-0.4, -0.2) is 31.4 Å². The van der Waals surface area contributed by atoms with Gasteiger partial charge in [-0.2, -0.15) is 0 Å². The third-order valence-corrected chi connectivity index (χ3v) is 6.77. The molecule has 0 bridgehead atoms. The third-order valence-electron chi connectivity index (χ3n) is 5.13. The van der Waals surface area contributed by atoms with Crippen molar-refractivity contribution in [3.05, 3.63) is 82.4 Å². The van der Waals surface area contributed by atoms with Crippen molar-refractivity contribution in [1.82, 2.24) is 14.5 Å². The summed E-state index contributed by atoms with van der Waals surface area (Å²) in [6, 6.07) is 15.9. The highest BCUT2D eigenvalue weighted by atomic mass is 35.5. The maximum Gasteiger partial charge on any atom is 0.160 e. The summed E-state index contributed by atoms with van der Waals surface area (Å²) < 4.78 is 2.14. The lowest BCUT2D eigenvalue weighted by Gasteiger charge is -2.28. The fourth-order valence-corrected chi connectivity index (χ4v) is 5.56. The molecule has 2 aromatic heterocycles. The zero-order valence-electron chi connectivity index (χ0n) is 15.2. The lowest BCUT2D eigenvalue weighted by atomic mass is 10.0. The Morgan fingerprint density at radius 2 is 2.00 bits per heavy atom. The summed E-state index contributed by atoms with van der Waals surface area (Å²) in [6.07, 6.45) is 3.88. The van der Waals surface area contributed by atoms with Crippen LogP contribution in [0.15, 0.2) is 65.9 Å². The van der Waals surface area contributed by atoms with Crippen LogP contribution in [0.2, 0.25) is 10.0 Å². The minimum atomic E-state index is -0.0454. The zero-order valence-corrected chi connectivity index (χ0v) is 17.5. The third kappa shape index (κ3) is 3.02. The molecule has 0 aliphatic carbocycles. The fourth-order valence-electron chi connectivity index (χ4n) is 3.97. The van der Waals surface area contributed by atoms with Gasteiger partial charge >= 0.3 is 0 Å². The monoisotopic (exact) mass is 428 g/mol. The number of aliphatic imine (C=N–C) groups is 1. The number of benzene rings is 1. The second-order valence-electron chi connectivity index (χ2n) is 7.04. The number of hydrogen-bond acceptors (Lipinski definition) is 4. The number of nitrogens with zero attached hydrogens (tertiary/aromatic N) is 4. The van der Waals surface area contributed by atoms with Crippen molar-refractivity contribution in [2.75, 3.05) is 6.54 Å². The quantitative estimate of drug-likeness (QED) is 0.530. The maximum atomic E-state index is 6.52. The Bertz CT molecular complexity index is 1050. The molecule has 0 saturated carbocycles. The van der Waals surface area contributed by atoms with Crippen molar-refractivity contribution >= 4 is 40.1 Å². The Morgan fingerprint density at radius 1 is 1.11 bits per heavy atom. The number of fused-ring (bicyclic) bond motifs is 1. The van der Waals surface area contributed by atoms with Crippen LogP contribution in [0.4, 0.5) is 0 Å². The summed E-state index contributed by atoms with van der Waals surface area (Å²) in [5, 5.41) is 2.88. The summed E-state index contributed by atoms with van der Waals surface area (Å²) in [5.41, 5.74) is 3.05. The van der Waals surface area contributed by atoms with E-state index in [1.807, 2.05) is 48.4 Å². The molecule has 2 aliphatic heterocycles. The van der Waals surface area contributed by atoms with E-state index in [2.05, 4.69) is 39.6 Å². The average molecular weight is 429 g/mol. The molecule has 5 rings (SSSR count). The van der Waals surface area contributed by atoms with Gasteiger partial charge in [0.25, 0.3) is 0 Å². The smallest absolute Gasteiger partial charge is 0.160 e. The molecule has 4 heterocycles. The first kappa shape index (κ1) is 18.1. The van der Waals surface area contributed by atoms with Crippen LogP contribution < -0.4 is 0 Å². The zero-order chi connectivity index (χ0) is 19.3.